The monoisotopic (exact) mass is 328 g/mol. The molecule has 0 bridgehead atoms. The first-order valence-electron chi connectivity index (χ1n) is 6.84. The third-order valence-corrected chi connectivity index (χ3v) is 2.71. The number of aliphatic carboxylic acids is 2. The van der Waals surface area contributed by atoms with Gasteiger partial charge in [0.2, 0.25) is 0 Å². The Morgan fingerprint density at radius 3 is 2.17 bits per heavy atom. The minimum Gasteiger partial charge on any atom is -0.492 e. The van der Waals surface area contributed by atoms with Crippen LogP contribution in [0.1, 0.15) is 20.3 Å². The first-order chi connectivity index (χ1) is 10.8. The Kier molecular flexibility index (Phi) is 9.69. The summed E-state index contributed by atoms with van der Waals surface area (Å²) in [4.78, 5) is 28.2. The van der Waals surface area contributed by atoms with Crippen molar-refractivity contribution in [2.24, 2.45) is 0 Å². The lowest BCUT2D eigenvalue weighted by Gasteiger charge is -2.11. The summed E-state index contributed by atoms with van der Waals surface area (Å²) < 4.78 is 5.45. The molecule has 0 saturated carbocycles. The van der Waals surface area contributed by atoms with Gasteiger partial charge in [0.25, 0.3) is 5.69 Å². The Hall–Kier alpha value is -2.68. The van der Waals surface area contributed by atoms with Crippen LogP contribution < -0.4 is 10.1 Å². The van der Waals surface area contributed by atoms with Gasteiger partial charge in [-0.3, -0.25) is 10.1 Å². The van der Waals surface area contributed by atoms with E-state index in [0.717, 1.165) is 13.0 Å². The van der Waals surface area contributed by atoms with E-state index in [9.17, 15) is 10.1 Å². The summed E-state index contributed by atoms with van der Waals surface area (Å²) >= 11 is 0. The number of benzene rings is 1. The molecule has 0 aliphatic heterocycles. The van der Waals surface area contributed by atoms with Gasteiger partial charge in [-0.1, -0.05) is 6.92 Å². The van der Waals surface area contributed by atoms with Crippen molar-refractivity contribution in [1.29, 1.82) is 0 Å². The average Bonchev–Trinajstić information content (AvgIpc) is 2.52. The normalized spacial score (nSPS) is 10.9. The molecule has 1 atom stereocenters. The molecule has 0 amide bonds. The maximum atomic E-state index is 10.4. The van der Waals surface area contributed by atoms with Crippen molar-refractivity contribution >= 4 is 17.6 Å². The van der Waals surface area contributed by atoms with Crippen LogP contribution in [0.4, 0.5) is 5.69 Å². The number of non-ortho nitro benzene ring substituents is 1. The largest absolute Gasteiger partial charge is 0.492 e. The fourth-order valence-electron chi connectivity index (χ4n) is 1.28. The van der Waals surface area contributed by atoms with Crippen LogP contribution in [0.2, 0.25) is 0 Å². The van der Waals surface area contributed by atoms with E-state index < -0.39 is 16.9 Å². The minimum absolute atomic E-state index is 0.0788. The molecular weight excluding hydrogens is 308 g/mol. The maximum Gasteiger partial charge on any atom is 0.414 e. The molecule has 0 aliphatic carbocycles. The second-order valence-electron chi connectivity index (χ2n) is 4.47. The molecule has 0 saturated heterocycles. The highest BCUT2D eigenvalue weighted by molar-refractivity contribution is 6.27. The highest BCUT2D eigenvalue weighted by Gasteiger charge is 2.04. The second-order valence-corrected chi connectivity index (χ2v) is 4.47. The molecule has 0 aromatic heterocycles. The molecule has 3 N–H and O–H groups in total. The van der Waals surface area contributed by atoms with E-state index in [4.69, 9.17) is 24.5 Å². The molecule has 9 nitrogen and oxygen atoms in total. The quantitative estimate of drug-likeness (QED) is 0.296. The highest BCUT2D eigenvalue weighted by atomic mass is 16.6. The zero-order valence-electron chi connectivity index (χ0n) is 12.9. The molecule has 0 heterocycles. The van der Waals surface area contributed by atoms with E-state index in [-0.39, 0.29) is 5.69 Å². The topological polar surface area (TPSA) is 139 Å². The molecule has 1 rings (SSSR count). The van der Waals surface area contributed by atoms with Gasteiger partial charge in [0.1, 0.15) is 12.4 Å². The lowest BCUT2D eigenvalue weighted by atomic mass is 10.3. The standard InChI is InChI=1S/C12H18N2O3.C2H2O4/c1-3-10(2)13-8-9-17-12-6-4-11(5-7-12)14(15)16;3-1(4)2(5)6/h4-7,10,13H,3,8-9H2,1-2H3;(H,3,4)(H,5,6). The van der Waals surface area contributed by atoms with Crippen molar-refractivity contribution in [1.82, 2.24) is 5.32 Å². The molecular formula is C14H20N2O7. The zero-order chi connectivity index (χ0) is 17.8. The molecule has 0 spiro atoms. The van der Waals surface area contributed by atoms with Crippen LogP contribution in [-0.2, 0) is 9.59 Å². The van der Waals surface area contributed by atoms with Crippen LogP contribution in [0, 0.1) is 10.1 Å². The molecule has 1 aromatic rings. The third kappa shape index (κ3) is 9.80. The first-order valence-corrected chi connectivity index (χ1v) is 6.84. The van der Waals surface area contributed by atoms with E-state index in [0.29, 0.717) is 18.4 Å². The maximum absolute atomic E-state index is 10.4. The number of carbonyl (C=O) groups is 2. The van der Waals surface area contributed by atoms with Gasteiger partial charge in [-0.25, -0.2) is 9.59 Å². The number of nitrogens with zero attached hydrogens (tertiary/aromatic N) is 1. The summed E-state index contributed by atoms with van der Waals surface area (Å²) in [5.41, 5.74) is 0.0788. The number of nitro benzene ring substituents is 1. The molecule has 0 fully saturated rings. The van der Waals surface area contributed by atoms with Crippen LogP contribution in [0.5, 0.6) is 5.75 Å². The highest BCUT2D eigenvalue weighted by Crippen LogP contribution is 2.16. The van der Waals surface area contributed by atoms with Crippen molar-refractivity contribution in [2.45, 2.75) is 26.3 Å². The first kappa shape index (κ1) is 20.3. The molecule has 1 aromatic carbocycles. The van der Waals surface area contributed by atoms with Gasteiger partial charge in [0.05, 0.1) is 4.92 Å². The van der Waals surface area contributed by atoms with E-state index in [1.165, 1.54) is 12.1 Å². The summed E-state index contributed by atoms with van der Waals surface area (Å²) in [6.45, 7) is 5.56. The van der Waals surface area contributed by atoms with E-state index in [1.54, 1.807) is 12.1 Å². The fraction of sp³-hybridized carbons (Fsp3) is 0.429. The van der Waals surface area contributed by atoms with Crippen molar-refractivity contribution < 1.29 is 29.5 Å². The van der Waals surface area contributed by atoms with E-state index >= 15 is 0 Å². The van der Waals surface area contributed by atoms with Gasteiger partial charge in [-0.2, -0.15) is 0 Å². The molecule has 9 heteroatoms. The number of nitro groups is 1. The van der Waals surface area contributed by atoms with Gasteiger partial charge in [-0.05, 0) is 25.5 Å². The fourth-order valence-corrected chi connectivity index (χ4v) is 1.28. The van der Waals surface area contributed by atoms with E-state index in [1.807, 2.05) is 0 Å². The predicted molar refractivity (Wildman–Crippen MR) is 81.6 cm³/mol. The SMILES string of the molecule is CCC(C)NCCOc1ccc([N+](=O)[O-])cc1.O=C(O)C(=O)O. The van der Waals surface area contributed by atoms with Gasteiger partial charge >= 0.3 is 11.9 Å². The number of hydrogen-bond donors (Lipinski definition) is 3. The summed E-state index contributed by atoms with van der Waals surface area (Å²) in [5, 5.41) is 28.5. The Balaban J connectivity index is 0.000000688. The number of rotatable bonds is 7. The van der Waals surface area contributed by atoms with E-state index in [2.05, 4.69) is 19.2 Å². The van der Waals surface area contributed by atoms with Gasteiger partial charge in [-0.15, -0.1) is 0 Å². The summed E-state index contributed by atoms with van der Waals surface area (Å²) in [5.74, 6) is -2.99. The Labute approximate surface area is 133 Å². The number of hydrogen-bond acceptors (Lipinski definition) is 6. The van der Waals surface area contributed by atoms with Crippen LogP contribution in [0.3, 0.4) is 0 Å². The van der Waals surface area contributed by atoms with Crippen molar-refractivity contribution in [3.63, 3.8) is 0 Å². The number of ether oxygens (including phenoxy) is 1. The van der Waals surface area contributed by atoms with Crippen molar-refractivity contribution in [2.75, 3.05) is 13.2 Å². The molecule has 128 valence electrons. The Morgan fingerprint density at radius 2 is 1.78 bits per heavy atom. The number of carboxylic acid groups (broad SMARTS) is 2. The summed E-state index contributed by atoms with van der Waals surface area (Å²) in [6, 6.07) is 6.59. The van der Waals surface area contributed by atoms with Crippen LogP contribution in [0.15, 0.2) is 24.3 Å². The van der Waals surface area contributed by atoms with Gasteiger partial charge in [0.15, 0.2) is 0 Å². The second kappa shape index (κ2) is 11.0. The lowest BCUT2D eigenvalue weighted by Crippen LogP contribution is -2.29. The minimum atomic E-state index is -1.82. The van der Waals surface area contributed by atoms with Gasteiger partial charge < -0.3 is 20.3 Å². The molecule has 0 aliphatic rings. The molecule has 23 heavy (non-hydrogen) atoms. The third-order valence-electron chi connectivity index (χ3n) is 2.71. The summed E-state index contributed by atoms with van der Waals surface area (Å²) in [7, 11) is 0. The summed E-state index contributed by atoms with van der Waals surface area (Å²) in [6.07, 6.45) is 1.08. The zero-order valence-corrected chi connectivity index (χ0v) is 12.9. The van der Waals surface area contributed by atoms with Gasteiger partial charge in [0, 0.05) is 24.7 Å². The van der Waals surface area contributed by atoms with Crippen LogP contribution >= 0.6 is 0 Å². The average molecular weight is 328 g/mol. The van der Waals surface area contributed by atoms with Crippen LogP contribution in [0.25, 0.3) is 0 Å². The van der Waals surface area contributed by atoms with Crippen molar-refractivity contribution in [3.8, 4) is 5.75 Å². The number of nitrogens with one attached hydrogen (secondary N) is 1. The van der Waals surface area contributed by atoms with Crippen LogP contribution in [-0.4, -0.2) is 46.3 Å². The molecule has 0 radical (unpaired) electrons. The lowest BCUT2D eigenvalue weighted by molar-refractivity contribution is -0.384. The Bertz CT molecular complexity index is 504. The van der Waals surface area contributed by atoms with Crippen molar-refractivity contribution in [3.05, 3.63) is 34.4 Å². The number of carboxylic acids is 2. The predicted octanol–water partition coefficient (Wildman–Crippen LogP) is 1.52. The molecule has 1 unspecified atom stereocenters. The smallest absolute Gasteiger partial charge is 0.414 e. The Morgan fingerprint density at radius 1 is 1.26 bits per heavy atom.